The number of likely N-dealkylation sites (N-methyl/N-ethyl adjacent to an activating group) is 1. The van der Waals surface area contributed by atoms with Crippen molar-refractivity contribution in [3.05, 3.63) is 29.8 Å². The first kappa shape index (κ1) is 21.6. The Morgan fingerprint density at radius 1 is 1.22 bits per heavy atom. The molecule has 1 aliphatic rings. The Morgan fingerprint density at radius 3 is 2.37 bits per heavy atom. The number of likely N-dealkylation sites (tertiary alicyclic amines) is 1. The van der Waals surface area contributed by atoms with E-state index in [0.29, 0.717) is 25.6 Å². The monoisotopic (exact) mass is 410 g/mol. The number of aryl methyl sites for hydroxylation is 1. The fourth-order valence-corrected chi connectivity index (χ4v) is 5.42. The van der Waals surface area contributed by atoms with Gasteiger partial charge in [0.25, 0.3) is 0 Å². The Hall–Kier alpha value is -1.71. The molecule has 0 bridgehead atoms. The van der Waals surface area contributed by atoms with E-state index in [1.807, 2.05) is 6.92 Å². The summed E-state index contributed by atoms with van der Waals surface area (Å²) in [6.45, 7) is 6.22. The third-order valence-corrected chi connectivity index (χ3v) is 7.35. The number of benzene rings is 1. The summed E-state index contributed by atoms with van der Waals surface area (Å²) in [5, 5.41) is 0. The second-order valence-electron chi connectivity index (χ2n) is 7.29. The van der Waals surface area contributed by atoms with Crippen LogP contribution in [0.25, 0.3) is 0 Å². The SMILES string of the molecule is Cc1ccc(S(=O)(=O)N(CC(=O)N(C)C[Si](C)C)CN2CCCC2=O)cc1. The maximum Gasteiger partial charge on any atom is 0.245 e. The molecule has 2 rings (SSSR count). The molecule has 0 aromatic heterocycles. The molecule has 0 aliphatic carbocycles. The first-order valence-electron chi connectivity index (χ1n) is 8.99. The lowest BCUT2D eigenvalue weighted by atomic mass is 10.2. The molecular formula is C18H28N3O4SSi. The highest BCUT2D eigenvalue weighted by Gasteiger charge is 2.32. The van der Waals surface area contributed by atoms with Gasteiger partial charge in [0.05, 0.1) is 26.9 Å². The van der Waals surface area contributed by atoms with Gasteiger partial charge in [0.2, 0.25) is 21.8 Å². The van der Waals surface area contributed by atoms with E-state index in [-0.39, 0.29) is 29.9 Å². The molecule has 9 heteroatoms. The zero-order valence-electron chi connectivity index (χ0n) is 16.4. The van der Waals surface area contributed by atoms with Crippen molar-refractivity contribution in [3.63, 3.8) is 0 Å². The number of hydrogen-bond acceptors (Lipinski definition) is 4. The lowest BCUT2D eigenvalue weighted by molar-refractivity contribution is -0.132. The average molecular weight is 411 g/mol. The predicted molar refractivity (Wildman–Crippen MR) is 106 cm³/mol. The molecule has 1 radical (unpaired) electrons. The van der Waals surface area contributed by atoms with Crippen LogP contribution in [0.4, 0.5) is 0 Å². The molecule has 1 heterocycles. The van der Waals surface area contributed by atoms with Crippen molar-refractivity contribution < 1.29 is 18.0 Å². The zero-order chi connectivity index (χ0) is 20.2. The van der Waals surface area contributed by atoms with Gasteiger partial charge in [0.1, 0.15) is 0 Å². The van der Waals surface area contributed by atoms with Crippen LogP contribution >= 0.6 is 0 Å². The molecule has 0 spiro atoms. The largest absolute Gasteiger partial charge is 0.348 e. The topological polar surface area (TPSA) is 78.0 Å². The molecule has 149 valence electrons. The number of sulfonamides is 1. The Morgan fingerprint density at radius 2 is 1.85 bits per heavy atom. The molecule has 1 saturated heterocycles. The first-order chi connectivity index (χ1) is 12.6. The van der Waals surface area contributed by atoms with Crippen LogP contribution in [0.3, 0.4) is 0 Å². The highest BCUT2D eigenvalue weighted by molar-refractivity contribution is 7.89. The van der Waals surface area contributed by atoms with Gasteiger partial charge in [-0.3, -0.25) is 9.59 Å². The van der Waals surface area contributed by atoms with Crippen LogP contribution in [0.2, 0.25) is 13.1 Å². The number of rotatable bonds is 8. The minimum atomic E-state index is -3.89. The third-order valence-electron chi connectivity index (χ3n) is 4.45. The fraction of sp³-hybridized carbons (Fsp3) is 0.556. The van der Waals surface area contributed by atoms with Crippen LogP contribution < -0.4 is 0 Å². The second-order valence-corrected chi connectivity index (χ2v) is 12.0. The van der Waals surface area contributed by atoms with Crippen LogP contribution in [0.15, 0.2) is 29.2 Å². The van der Waals surface area contributed by atoms with Crippen LogP contribution in [-0.2, 0) is 19.6 Å². The summed E-state index contributed by atoms with van der Waals surface area (Å²) in [6.07, 6.45) is 1.77. The normalized spacial score (nSPS) is 15.0. The second kappa shape index (κ2) is 8.98. The minimum Gasteiger partial charge on any atom is -0.348 e. The van der Waals surface area contributed by atoms with Crippen molar-refractivity contribution in [2.45, 2.75) is 37.8 Å². The zero-order valence-corrected chi connectivity index (χ0v) is 18.3. The van der Waals surface area contributed by atoms with E-state index in [1.54, 1.807) is 24.1 Å². The minimum absolute atomic E-state index is 0.0764. The van der Waals surface area contributed by atoms with Gasteiger partial charge in [-0.1, -0.05) is 30.8 Å². The average Bonchev–Trinajstić information content (AvgIpc) is 2.98. The van der Waals surface area contributed by atoms with E-state index < -0.39 is 18.8 Å². The highest BCUT2D eigenvalue weighted by Crippen LogP contribution is 2.19. The number of amides is 2. The van der Waals surface area contributed by atoms with E-state index in [2.05, 4.69) is 13.1 Å². The summed E-state index contributed by atoms with van der Waals surface area (Å²) in [4.78, 5) is 27.8. The van der Waals surface area contributed by atoms with Crippen LogP contribution in [0, 0.1) is 6.92 Å². The van der Waals surface area contributed by atoms with E-state index >= 15 is 0 Å². The van der Waals surface area contributed by atoms with Crippen molar-refractivity contribution in [2.24, 2.45) is 0 Å². The molecule has 27 heavy (non-hydrogen) atoms. The molecule has 0 N–H and O–H groups in total. The quantitative estimate of drug-likeness (QED) is 0.606. The third kappa shape index (κ3) is 5.63. The van der Waals surface area contributed by atoms with Crippen molar-refractivity contribution in [2.75, 3.05) is 33.0 Å². The van der Waals surface area contributed by atoms with Crippen molar-refractivity contribution >= 4 is 30.6 Å². The van der Waals surface area contributed by atoms with Gasteiger partial charge in [-0.05, 0) is 25.5 Å². The smallest absolute Gasteiger partial charge is 0.245 e. The van der Waals surface area contributed by atoms with Gasteiger partial charge in [-0.15, -0.1) is 0 Å². The first-order valence-corrected chi connectivity index (χ1v) is 13.1. The summed E-state index contributed by atoms with van der Waals surface area (Å²) >= 11 is 0. The summed E-state index contributed by atoms with van der Waals surface area (Å²) in [7, 11) is -2.86. The summed E-state index contributed by atoms with van der Waals surface area (Å²) < 4.78 is 27.4. The van der Waals surface area contributed by atoms with Crippen LogP contribution in [0.1, 0.15) is 18.4 Å². The van der Waals surface area contributed by atoms with Crippen molar-refractivity contribution in [3.8, 4) is 0 Å². The fourth-order valence-electron chi connectivity index (χ4n) is 2.95. The number of nitrogens with zero attached hydrogens (tertiary/aromatic N) is 3. The summed E-state index contributed by atoms with van der Waals surface area (Å²) in [6, 6.07) is 6.53. The van der Waals surface area contributed by atoms with Crippen molar-refractivity contribution in [1.82, 2.24) is 14.1 Å². The van der Waals surface area contributed by atoms with E-state index in [9.17, 15) is 18.0 Å². The van der Waals surface area contributed by atoms with E-state index in [1.165, 1.54) is 17.0 Å². The molecule has 1 aromatic carbocycles. The lowest BCUT2D eigenvalue weighted by Crippen LogP contribution is -2.48. The Balaban J connectivity index is 2.26. The molecule has 0 unspecified atom stereocenters. The Labute approximate surface area is 163 Å². The molecule has 7 nitrogen and oxygen atoms in total. The molecule has 0 saturated carbocycles. The number of hydrogen-bond donors (Lipinski definition) is 0. The van der Waals surface area contributed by atoms with Crippen molar-refractivity contribution in [1.29, 1.82) is 0 Å². The molecular weight excluding hydrogens is 382 g/mol. The van der Waals surface area contributed by atoms with Gasteiger partial charge >= 0.3 is 0 Å². The number of carbonyl (C=O) groups is 2. The van der Waals surface area contributed by atoms with Gasteiger partial charge in [-0.25, -0.2) is 8.42 Å². The molecule has 1 fully saturated rings. The Kier molecular flexibility index (Phi) is 7.18. The standard InChI is InChI=1S/C18H28N3O4SSi/c1-15-7-9-16(10-8-15)26(24,25)21(13-20-11-5-6-17(20)22)12-18(23)19(2)14-27(3)4/h7-10H,5-6,11-14H2,1-4H3. The molecule has 2 amide bonds. The van der Waals surface area contributed by atoms with Crippen LogP contribution in [0.5, 0.6) is 0 Å². The summed E-state index contributed by atoms with van der Waals surface area (Å²) in [5.74, 6) is -0.337. The number of carbonyl (C=O) groups excluding carboxylic acids is 2. The highest BCUT2D eigenvalue weighted by atomic mass is 32.2. The van der Waals surface area contributed by atoms with Crippen LogP contribution in [-0.4, -0.2) is 76.1 Å². The van der Waals surface area contributed by atoms with E-state index in [4.69, 9.17) is 0 Å². The lowest BCUT2D eigenvalue weighted by Gasteiger charge is -2.29. The van der Waals surface area contributed by atoms with Gasteiger partial charge in [0, 0.05) is 26.2 Å². The molecule has 1 aliphatic heterocycles. The summed E-state index contributed by atoms with van der Waals surface area (Å²) in [5.41, 5.74) is 0.951. The van der Waals surface area contributed by atoms with Gasteiger partial charge in [0.15, 0.2) is 0 Å². The maximum absolute atomic E-state index is 13.1. The predicted octanol–water partition coefficient (Wildman–Crippen LogP) is 1.32. The van der Waals surface area contributed by atoms with Gasteiger partial charge < -0.3 is 9.80 Å². The van der Waals surface area contributed by atoms with Gasteiger partial charge in [-0.2, -0.15) is 4.31 Å². The molecule has 1 aromatic rings. The molecule has 0 atom stereocenters. The maximum atomic E-state index is 13.1. The Bertz CT molecular complexity index is 780. The van der Waals surface area contributed by atoms with E-state index in [0.717, 1.165) is 9.87 Å².